The van der Waals surface area contributed by atoms with Gasteiger partial charge in [0.1, 0.15) is 0 Å². The molecule has 0 amide bonds. The fourth-order valence-electron chi connectivity index (χ4n) is 2.10. The third-order valence-corrected chi connectivity index (χ3v) is 3.22. The number of aryl methyl sites for hydroxylation is 1. The molecule has 0 unspecified atom stereocenters. The maximum Gasteiger partial charge on any atom is 0.314 e. The molecule has 0 atom stereocenters. The summed E-state index contributed by atoms with van der Waals surface area (Å²) in [5, 5.41) is 9.43. The maximum atomic E-state index is 11.5. The lowest BCUT2D eigenvalue weighted by Gasteiger charge is -2.33. The molecule has 1 aromatic rings. The predicted octanol–water partition coefficient (Wildman–Crippen LogP) is 1.52. The molecule has 1 saturated heterocycles. The second kappa shape index (κ2) is 4.22. The summed E-state index contributed by atoms with van der Waals surface area (Å²) in [7, 11) is 0. The molecule has 1 fully saturated rings. The molecule has 1 aromatic heterocycles. The highest BCUT2D eigenvalue weighted by atomic mass is 16.5. The van der Waals surface area contributed by atoms with Gasteiger partial charge in [-0.2, -0.15) is 0 Å². The van der Waals surface area contributed by atoms with Crippen LogP contribution in [0.5, 0.6) is 0 Å². The average molecular weight is 221 g/mol. The van der Waals surface area contributed by atoms with Crippen LogP contribution in [0.1, 0.15) is 24.1 Å². The lowest BCUT2D eigenvalue weighted by molar-refractivity contribution is -0.147. The van der Waals surface area contributed by atoms with E-state index in [4.69, 9.17) is 4.74 Å². The third-order valence-electron chi connectivity index (χ3n) is 3.22. The smallest absolute Gasteiger partial charge is 0.314 e. The van der Waals surface area contributed by atoms with E-state index in [9.17, 15) is 9.90 Å². The van der Waals surface area contributed by atoms with Gasteiger partial charge in [-0.15, -0.1) is 0 Å². The van der Waals surface area contributed by atoms with Crippen LogP contribution >= 0.6 is 0 Å². The number of ether oxygens (including phenoxy) is 1. The van der Waals surface area contributed by atoms with Crippen molar-refractivity contribution in [3.63, 3.8) is 0 Å². The molecule has 0 aliphatic carbocycles. The van der Waals surface area contributed by atoms with E-state index in [-0.39, 0.29) is 0 Å². The van der Waals surface area contributed by atoms with Gasteiger partial charge in [0, 0.05) is 25.1 Å². The van der Waals surface area contributed by atoms with Crippen molar-refractivity contribution in [1.82, 2.24) is 4.98 Å². The van der Waals surface area contributed by atoms with E-state index in [0.29, 0.717) is 26.1 Å². The van der Waals surface area contributed by atoms with Gasteiger partial charge in [0.15, 0.2) is 0 Å². The Hall–Kier alpha value is -1.42. The van der Waals surface area contributed by atoms with Crippen molar-refractivity contribution in [3.8, 4) is 0 Å². The van der Waals surface area contributed by atoms with Gasteiger partial charge in [-0.25, -0.2) is 0 Å². The summed E-state index contributed by atoms with van der Waals surface area (Å²) in [5.74, 6) is -0.776. The van der Waals surface area contributed by atoms with Crippen molar-refractivity contribution in [2.24, 2.45) is 0 Å². The fourth-order valence-corrected chi connectivity index (χ4v) is 2.10. The lowest BCUT2D eigenvalue weighted by atomic mass is 9.75. The van der Waals surface area contributed by atoms with Gasteiger partial charge in [0.25, 0.3) is 0 Å². The minimum atomic E-state index is -0.807. The SMILES string of the molecule is Cc1ccc(C2(C(=O)O)CCOCC2)cn1. The second-order valence-corrected chi connectivity index (χ2v) is 4.19. The van der Waals surface area contributed by atoms with E-state index < -0.39 is 11.4 Å². The summed E-state index contributed by atoms with van der Waals surface area (Å²) >= 11 is 0. The van der Waals surface area contributed by atoms with Crippen molar-refractivity contribution < 1.29 is 14.6 Å². The molecule has 0 radical (unpaired) electrons. The van der Waals surface area contributed by atoms with Crippen molar-refractivity contribution in [1.29, 1.82) is 0 Å². The molecule has 1 N–H and O–H groups in total. The Morgan fingerprint density at radius 1 is 1.44 bits per heavy atom. The van der Waals surface area contributed by atoms with Gasteiger partial charge in [-0.05, 0) is 31.4 Å². The van der Waals surface area contributed by atoms with Crippen molar-refractivity contribution >= 4 is 5.97 Å². The predicted molar refractivity (Wildman–Crippen MR) is 58.3 cm³/mol. The third kappa shape index (κ3) is 1.80. The molecule has 0 saturated carbocycles. The van der Waals surface area contributed by atoms with Crippen LogP contribution in [-0.2, 0) is 14.9 Å². The number of nitrogens with zero attached hydrogens (tertiary/aromatic N) is 1. The van der Waals surface area contributed by atoms with Crippen LogP contribution in [0, 0.1) is 6.92 Å². The summed E-state index contributed by atoms with van der Waals surface area (Å²) in [6, 6.07) is 3.72. The van der Waals surface area contributed by atoms with E-state index in [2.05, 4.69) is 4.98 Å². The maximum absolute atomic E-state index is 11.5. The number of aromatic nitrogens is 1. The van der Waals surface area contributed by atoms with Crippen molar-refractivity contribution in [2.75, 3.05) is 13.2 Å². The zero-order valence-corrected chi connectivity index (χ0v) is 9.27. The number of pyridine rings is 1. The van der Waals surface area contributed by atoms with E-state index >= 15 is 0 Å². The fraction of sp³-hybridized carbons (Fsp3) is 0.500. The molecule has 1 aliphatic heterocycles. The Balaban J connectivity index is 2.38. The van der Waals surface area contributed by atoms with Crippen LogP contribution in [-0.4, -0.2) is 29.3 Å². The van der Waals surface area contributed by atoms with Gasteiger partial charge < -0.3 is 9.84 Å². The molecule has 1 aliphatic rings. The number of aliphatic carboxylic acids is 1. The summed E-state index contributed by atoms with van der Waals surface area (Å²) in [6.45, 7) is 2.89. The van der Waals surface area contributed by atoms with Gasteiger partial charge in [0.05, 0.1) is 5.41 Å². The van der Waals surface area contributed by atoms with Crippen molar-refractivity contribution in [2.45, 2.75) is 25.2 Å². The quantitative estimate of drug-likeness (QED) is 0.822. The average Bonchev–Trinajstić information content (AvgIpc) is 2.30. The van der Waals surface area contributed by atoms with Gasteiger partial charge >= 0.3 is 5.97 Å². The number of hydrogen-bond donors (Lipinski definition) is 1. The molecule has 86 valence electrons. The largest absolute Gasteiger partial charge is 0.481 e. The molecule has 4 nitrogen and oxygen atoms in total. The Labute approximate surface area is 94.3 Å². The molecule has 2 heterocycles. The van der Waals surface area contributed by atoms with E-state index in [1.165, 1.54) is 0 Å². The van der Waals surface area contributed by atoms with Crippen LogP contribution in [0.3, 0.4) is 0 Å². The molecule has 2 rings (SSSR count). The molecule has 16 heavy (non-hydrogen) atoms. The van der Waals surface area contributed by atoms with Crippen LogP contribution < -0.4 is 0 Å². The summed E-state index contributed by atoms with van der Waals surface area (Å²) in [6.07, 6.45) is 2.72. The van der Waals surface area contributed by atoms with E-state index in [0.717, 1.165) is 11.3 Å². The summed E-state index contributed by atoms with van der Waals surface area (Å²) < 4.78 is 5.24. The van der Waals surface area contributed by atoms with Gasteiger partial charge in [-0.1, -0.05) is 6.07 Å². The highest BCUT2D eigenvalue weighted by molar-refractivity contribution is 5.81. The normalized spacial score (nSPS) is 19.3. The first-order valence-corrected chi connectivity index (χ1v) is 5.39. The Kier molecular flexibility index (Phi) is 2.92. The van der Waals surface area contributed by atoms with Crippen LogP contribution in [0.25, 0.3) is 0 Å². The molecule has 0 bridgehead atoms. The van der Waals surface area contributed by atoms with Crippen LogP contribution in [0.2, 0.25) is 0 Å². The number of rotatable bonds is 2. The number of carboxylic acid groups (broad SMARTS) is 1. The Bertz CT molecular complexity index is 380. The number of carboxylic acids is 1. The summed E-state index contributed by atoms with van der Waals surface area (Å²) in [5.41, 5.74) is 0.879. The minimum absolute atomic E-state index is 0.500. The molecule has 4 heteroatoms. The first-order valence-electron chi connectivity index (χ1n) is 5.39. The highest BCUT2D eigenvalue weighted by Crippen LogP contribution is 2.34. The number of carbonyl (C=O) groups is 1. The standard InChI is InChI=1S/C12H15NO3/c1-9-2-3-10(8-13-9)12(11(14)15)4-6-16-7-5-12/h2-3,8H,4-7H2,1H3,(H,14,15). The van der Waals surface area contributed by atoms with E-state index in [1.807, 2.05) is 19.1 Å². The van der Waals surface area contributed by atoms with Gasteiger partial charge in [-0.3, -0.25) is 9.78 Å². The first-order chi connectivity index (χ1) is 7.65. The minimum Gasteiger partial charge on any atom is -0.481 e. The van der Waals surface area contributed by atoms with Crippen LogP contribution in [0.4, 0.5) is 0 Å². The summed E-state index contributed by atoms with van der Waals surface area (Å²) in [4.78, 5) is 15.7. The molecular formula is C12H15NO3. The van der Waals surface area contributed by atoms with Gasteiger partial charge in [0.2, 0.25) is 0 Å². The zero-order chi connectivity index (χ0) is 11.6. The molecular weight excluding hydrogens is 206 g/mol. The first kappa shape index (κ1) is 11.1. The van der Waals surface area contributed by atoms with E-state index in [1.54, 1.807) is 6.20 Å². The highest BCUT2D eigenvalue weighted by Gasteiger charge is 2.42. The number of hydrogen-bond acceptors (Lipinski definition) is 3. The Morgan fingerprint density at radius 3 is 2.62 bits per heavy atom. The monoisotopic (exact) mass is 221 g/mol. The molecule has 0 spiro atoms. The second-order valence-electron chi connectivity index (χ2n) is 4.19. The molecule has 0 aromatic carbocycles. The lowest BCUT2D eigenvalue weighted by Crippen LogP contribution is -2.41. The van der Waals surface area contributed by atoms with Crippen molar-refractivity contribution in [3.05, 3.63) is 29.6 Å². The van der Waals surface area contributed by atoms with Crippen LogP contribution in [0.15, 0.2) is 18.3 Å². The topological polar surface area (TPSA) is 59.4 Å². The zero-order valence-electron chi connectivity index (χ0n) is 9.27. The Morgan fingerprint density at radius 2 is 2.12 bits per heavy atom.